The molecular formula is C14H19N5OS. The molecule has 2 aromatic rings. The van der Waals surface area contributed by atoms with Gasteiger partial charge in [-0.05, 0) is 18.9 Å². The van der Waals surface area contributed by atoms with E-state index in [1.54, 1.807) is 24.7 Å². The summed E-state index contributed by atoms with van der Waals surface area (Å²) in [6, 6.07) is 1.74. The van der Waals surface area contributed by atoms with Gasteiger partial charge >= 0.3 is 0 Å². The van der Waals surface area contributed by atoms with Gasteiger partial charge in [-0.15, -0.1) is 11.3 Å². The lowest BCUT2D eigenvalue weighted by Gasteiger charge is -2.31. The zero-order valence-electron chi connectivity index (χ0n) is 12.2. The number of hydrogen-bond donors (Lipinski definition) is 2. The summed E-state index contributed by atoms with van der Waals surface area (Å²) in [6.45, 7) is 4.46. The molecule has 3 N–H and O–H groups in total. The predicted octanol–water partition coefficient (Wildman–Crippen LogP) is 1.85. The van der Waals surface area contributed by atoms with E-state index in [2.05, 4.69) is 20.3 Å². The van der Waals surface area contributed by atoms with E-state index in [-0.39, 0.29) is 11.4 Å². The summed E-state index contributed by atoms with van der Waals surface area (Å²) < 4.78 is 0. The molecule has 0 bridgehead atoms. The minimum absolute atomic E-state index is 0.149. The molecule has 0 spiro atoms. The van der Waals surface area contributed by atoms with Crippen molar-refractivity contribution in [2.45, 2.75) is 32.2 Å². The summed E-state index contributed by atoms with van der Waals surface area (Å²) in [5, 5.41) is 3.66. The quantitative estimate of drug-likeness (QED) is 0.849. The third-order valence-electron chi connectivity index (χ3n) is 3.61. The number of hydrogen-bond acceptors (Lipinski definition) is 6. The number of thiazole rings is 1. The van der Waals surface area contributed by atoms with Crippen molar-refractivity contribution in [3.63, 3.8) is 0 Å². The van der Waals surface area contributed by atoms with E-state index in [1.807, 2.05) is 13.8 Å². The third kappa shape index (κ3) is 3.43. The van der Waals surface area contributed by atoms with Crippen molar-refractivity contribution in [1.82, 2.24) is 20.3 Å². The van der Waals surface area contributed by atoms with Gasteiger partial charge in [0.2, 0.25) is 0 Å². The molecule has 2 aromatic heterocycles. The standard InChI is InChI=1S/C14H19N5OS/c1-3-14(4-2,9-15)19-12(20)10-8-18-13(21-10)11-16-6-5-7-17-11/h5-8H,3-4,9,15H2,1-2H3,(H,19,20). The zero-order chi connectivity index (χ0) is 15.3. The average molecular weight is 305 g/mol. The molecule has 0 aromatic carbocycles. The first-order chi connectivity index (χ1) is 10.1. The van der Waals surface area contributed by atoms with Gasteiger partial charge in [-0.2, -0.15) is 0 Å². The van der Waals surface area contributed by atoms with E-state index >= 15 is 0 Å². The molecule has 1 amide bonds. The van der Waals surface area contributed by atoms with Gasteiger partial charge in [0.25, 0.3) is 5.91 Å². The van der Waals surface area contributed by atoms with Gasteiger partial charge in [0, 0.05) is 18.9 Å². The molecule has 2 heterocycles. The van der Waals surface area contributed by atoms with Crippen molar-refractivity contribution < 1.29 is 4.79 Å². The van der Waals surface area contributed by atoms with Crippen LogP contribution in [0.15, 0.2) is 24.7 Å². The molecule has 0 radical (unpaired) electrons. The topological polar surface area (TPSA) is 93.8 Å². The average Bonchev–Trinajstić information content (AvgIpc) is 3.04. The van der Waals surface area contributed by atoms with Crippen LogP contribution in [0, 0.1) is 0 Å². The van der Waals surface area contributed by atoms with Crippen LogP contribution in [0.25, 0.3) is 10.8 Å². The lowest BCUT2D eigenvalue weighted by molar-refractivity contribution is 0.0899. The van der Waals surface area contributed by atoms with E-state index in [4.69, 9.17) is 5.73 Å². The Labute approximate surface area is 127 Å². The Kier molecular flexibility index (Phi) is 4.98. The van der Waals surface area contributed by atoms with Crippen molar-refractivity contribution in [3.05, 3.63) is 29.5 Å². The van der Waals surface area contributed by atoms with Gasteiger partial charge in [0.05, 0.1) is 11.7 Å². The molecule has 2 rings (SSSR count). The Morgan fingerprint density at radius 3 is 2.52 bits per heavy atom. The van der Waals surface area contributed by atoms with Crippen molar-refractivity contribution in [1.29, 1.82) is 0 Å². The summed E-state index contributed by atoms with van der Waals surface area (Å²) in [5.41, 5.74) is 5.45. The maximum Gasteiger partial charge on any atom is 0.263 e. The maximum atomic E-state index is 12.3. The summed E-state index contributed by atoms with van der Waals surface area (Å²) in [7, 11) is 0. The highest BCUT2D eigenvalue weighted by Gasteiger charge is 2.27. The summed E-state index contributed by atoms with van der Waals surface area (Å²) in [4.78, 5) is 25.4. The molecule has 7 heteroatoms. The second-order valence-corrected chi connectivity index (χ2v) is 5.78. The Morgan fingerprint density at radius 1 is 1.29 bits per heavy atom. The molecule has 0 aliphatic heterocycles. The van der Waals surface area contributed by atoms with Crippen LogP contribution in [-0.4, -0.2) is 32.9 Å². The van der Waals surface area contributed by atoms with Gasteiger partial charge in [-0.25, -0.2) is 15.0 Å². The third-order valence-corrected chi connectivity index (χ3v) is 4.60. The first-order valence-corrected chi connectivity index (χ1v) is 7.71. The monoisotopic (exact) mass is 305 g/mol. The first-order valence-electron chi connectivity index (χ1n) is 6.90. The van der Waals surface area contributed by atoms with Gasteiger partial charge in [-0.1, -0.05) is 13.8 Å². The molecule has 0 fully saturated rings. The van der Waals surface area contributed by atoms with Gasteiger partial charge in [-0.3, -0.25) is 4.79 Å². The number of amides is 1. The minimum atomic E-state index is -0.357. The zero-order valence-corrected chi connectivity index (χ0v) is 13.0. The van der Waals surface area contributed by atoms with E-state index in [0.717, 1.165) is 12.8 Å². The van der Waals surface area contributed by atoms with Crippen LogP contribution in [0.4, 0.5) is 0 Å². The fraction of sp³-hybridized carbons (Fsp3) is 0.429. The molecule has 21 heavy (non-hydrogen) atoms. The van der Waals surface area contributed by atoms with Crippen molar-refractivity contribution >= 4 is 17.2 Å². The van der Waals surface area contributed by atoms with Crippen LogP contribution < -0.4 is 11.1 Å². The second kappa shape index (κ2) is 6.73. The number of nitrogens with two attached hydrogens (primary N) is 1. The SMILES string of the molecule is CCC(CC)(CN)NC(=O)c1cnc(-c2ncccn2)s1. The largest absolute Gasteiger partial charge is 0.345 e. The van der Waals surface area contributed by atoms with Crippen LogP contribution in [0.1, 0.15) is 36.4 Å². The highest BCUT2D eigenvalue weighted by Crippen LogP contribution is 2.22. The fourth-order valence-corrected chi connectivity index (χ4v) is 2.72. The molecule has 0 unspecified atom stereocenters. The van der Waals surface area contributed by atoms with Crippen molar-refractivity contribution in [3.8, 4) is 10.8 Å². The summed E-state index contributed by atoms with van der Waals surface area (Å²) >= 11 is 1.28. The smallest absolute Gasteiger partial charge is 0.263 e. The summed E-state index contributed by atoms with van der Waals surface area (Å²) in [5.74, 6) is 0.376. The first kappa shape index (κ1) is 15.5. The van der Waals surface area contributed by atoms with E-state index < -0.39 is 0 Å². The van der Waals surface area contributed by atoms with Crippen LogP contribution in [0.2, 0.25) is 0 Å². The number of nitrogens with one attached hydrogen (secondary N) is 1. The van der Waals surface area contributed by atoms with Crippen molar-refractivity contribution in [2.24, 2.45) is 5.73 Å². The number of nitrogens with zero attached hydrogens (tertiary/aromatic N) is 3. The summed E-state index contributed by atoms with van der Waals surface area (Å²) in [6.07, 6.45) is 6.44. The van der Waals surface area contributed by atoms with Gasteiger partial charge in [0.15, 0.2) is 10.8 Å². The van der Waals surface area contributed by atoms with Gasteiger partial charge in [0.1, 0.15) is 4.88 Å². The highest BCUT2D eigenvalue weighted by molar-refractivity contribution is 7.16. The molecule has 0 saturated heterocycles. The fourth-order valence-electron chi connectivity index (χ4n) is 1.96. The van der Waals surface area contributed by atoms with Crippen LogP contribution in [0.3, 0.4) is 0 Å². The van der Waals surface area contributed by atoms with Crippen molar-refractivity contribution in [2.75, 3.05) is 6.54 Å². The van der Waals surface area contributed by atoms with Crippen LogP contribution in [-0.2, 0) is 0 Å². The Balaban J connectivity index is 2.16. The molecule has 112 valence electrons. The molecule has 0 saturated carbocycles. The second-order valence-electron chi connectivity index (χ2n) is 4.75. The maximum absolute atomic E-state index is 12.3. The lowest BCUT2D eigenvalue weighted by atomic mass is 9.93. The van der Waals surface area contributed by atoms with E-state index in [0.29, 0.717) is 22.3 Å². The minimum Gasteiger partial charge on any atom is -0.345 e. The number of carbonyl (C=O) groups is 1. The molecule has 0 aliphatic rings. The molecular weight excluding hydrogens is 286 g/mol. The number of carbonyl (C=O) groups excluding carboxylic acids is 1. The van der Waals surface area contributed by atoms with E-state index in [9.17, 15) is 4.79 Å². The molecule has 0 aliphatic carbocycles. The van der Waals surface area contributed by atoms with Crippen LogP contribution >= 0.6 is 11.3 Å². The predicted molar refractivity (Wildman–Crippen MR) is 83.0 cm³/mol. The normalized spacial score (nSPS) is 11.4. The Bertz CT molecular complexity index is 586. The van der Waals surface area contributed by atoms with Gasteiger partial charge < -0.3 is 11.1 Å². The number of aromatic nitrogens is 3. The lowest BCUT2D eigenvalue weighted by Crippen LogP contribution is -2.52. The molecule has 6 nitrogen and oxygen atoms in total. The highest BCUT2D eigenvalue weighted by atomic mass is 32.1. The van der Waals surface area contributed by atoms with E-state index in [1.165, 1.54) is 11.3 Å². The van der Waals surface area contributed by atoms with Crippen LogP contribution in [0.5, 0.6) is 0 Å². The Hall–Kier alpha value is -1.86. The number of rotatable bonds is 6. The molecule has 0 atom stereocenters. The Morgan fingerprint density at radius 2 is 1.95 bits per heavy atom.